The fourth-order valence-corrected chi connectivity index (χ4v) is 11.0. The SMILES string of the molecule is c1ccc2cc(-c3nc(-c4ccc5ccc6oc7cc(-n8c9ccccc9c9cc%10ccccc%10cc98)ccc7c6c5c4)nc(-c4cccc5sc6ccccc6c45)n3)ccc2c1. The number of hydrogen-bond acceptors (Lipinski definition) is 5. The van der Waals surface area contributed by atoms with Crippen molar-refractivity contribution in [1.29, 1.82) is 0 Å². The maximum Gasteiger partial charge on any atom is 0.164 e. The maximum atomic E-state index is 6.74. The van der Waals surface area contributed by atoms with Crippen LogP contribution in [-0.2, 0) is 0 Å². The van der Waals surface area contributed by atoms with Gasteiger partial charge in [0.15, 0.2) is 17.5 Å². The van der Waals surface area contributed by atoms with Gasteiger partial charge in [-0.1, -0.05) is 127 Å². The number of benzene rings is 10. The van der Waals surface area contributed by atoms with E-state index in [4.69, 9.17) is 19.4 Å². The first kappa shape index (κ1) is 34.5. The van der Waals surface area contributed by atoms with Crippen LogP contribution in [0.4, 0.5) is 0 Å². The molecule has 0 aliphatic rings. The molecule has 0 atom stereocenters. The van der Waals surface area contributed by atoms with Crippen molar-refractivity contribution in [2.24, 2.45) is 0 Å². The third-order valence-electron chi connectivity index (χ3n) is 12.8. The summed E-state index contributed by atoms with van der Waals surface area (Å²) < 4.78 is 11.6. The van der Waals surface area contributed by atoms with Crippen LogP contribution in [0.3, 0.4) is 0 Å². The predicted octanol–water partition coefficient (Wildman–Crippen LogP) is 15.7. The Kier molecular flexibility index (Phi) is 7.21. The van der Waals surface area contributed by atoms with E-state index in [2.05, 4.69) is 199 Å². The summed E-state index contributed by atoms with van der Waals surface area (Å²) in [6.45, 7) is 0. The minimum Gasteiger partial charge on any atom is -0.456 e. The average molecular weight is 821 g/mol. The Bertz CT molecular complexity index is 4230. The molecule has 0 spiro atoms. The molecule has 292 valence electrons. The second kappa shape index (κ2) is 13.2. The molecule has 0 fully saturated rings. The number of fused-ring (bicyclic) bond motifs is 13. The summed E-state index contributed by atoms with van der Waals surface area (Å²) in [5.74, 6) is 1.90. The quantitative estimate of drug-likeness (QED) is 0.177. The van der Waals surface area contributed by atoms with Crippen molar-refractivity contribution in [3.05, 3.63) is 194 Å². The zero-order valence-electron chi connectivity index (χ0n) is 33.6. The fourth-order valence-electron chi connectivity index (χ4n) is 9.84. The minimum atomic E-state index is 0.618. The van der Waals surface area contributed by atoms with Gasteiger partial charge in [0.2, 0.25) is 0 Å². The van der Waals surface area contributed by atoms with Gasteiger partial charge in [0, 0.05) is 70.2 Å². The van der Waals surface area contributed by atoms with Crippen molar-refractivity contribution in [3.63, 3.8) is 0 Å². The molecule has 4 heterocycles. The van der Waals surface area contributed by atoms with Gasteiger partial charge in [-0.15, -0.1) is 11.3 Å². The van der Waals surface area contributed by atoms with Crippen LogP contribution in [0.2, 0.25) is 0 Å². The summed E-state index contributed by atoms with van der Waals surface area (Å²) >= 11 is 1.80. The van der Waals surface area contributed by atoms with Gasteiger partial charge >= 0.3 is 0 Å². The number of thiophene rings is 1. The van der Waals surface area contributed by atoms with E-state index in [0.717, 1.165) is 66.0 Å². The fraction of sp³-hybridized carbons (Fsp3) is 0. The van der Waals surface area contributed by atoms with Gasteiger partial charge in [-0.05, 0) is 93.0 Å². The Balaban J connectivity index is 0.965. The molecule has 0 radical (unpaired) electrons. The summed E-state index contributed by atoms with van der Waals surface area (Å²) in [7, 11) is 0. The van der Waals surface area contributed by atoms with Crippen LogP contribution in [0.15, 0.2) is 199 Å². The molecule has 0 aliphatic carbocycles. The molecule has 0 aliphatic heterocycles. The number of furan rings is 1. The van der Waals surface area contributed by atoms with E-state index in [1.165, 1.54) is 52.6 Å². The van der Waals surface area contributed by atoms with Crippen molar-refractivity contribution in [2.45, 2.75) is 0 Å². The Morgan fingerprint density at radius 1 is 0.365 bits per heavy atom. The largest absolute Gasteiger partial charge is 0.456 e. The Labute approximate surface area is 363 Å². The molecule has 14 rings (SSSR count). The molecular formula is C57H32N4OS. The van der Waals surface area contributed by atoms with Crippen molar-refractivity contribution in [1.82, 2.24) is 19.5 Å². The van der Waals surface area contributed by atoms with Gasteiger partial charge in [-0.2, -0.15) is 0 Å². The number of aromatic nitrogens is 4. The predicted molar refractivity (Wildman–Crippen MR) is 263 cm³/mol. The summed E-state index contributed by atoms with van der Waals surface area (Å²) in [4.78, 5) is 15.8. The van der Waals surface area contributed by atoms with Crippen molar-refractivity contribution in [2.75, 3.05) is 0 Å². The second-order valence-electron chi connectivity index (χ2n) is 16.4. The molecular weight excluding hydrogens is 789 g/mol. The zero-order valence-corrected chi connectivity index (χ0v) is 34.4. The van der Waals surface area contributed by atoms with Gasteiger partial charge in [0.1, 0.15) is 11.2 Å². The van der Waals surface area contributed by atoms with E-state index in [1.807, 2.05) is 0 Å². The molecule has 4 aromatic heterocycles. The zero-order chi connectivity index (χ0) is 41.2. The average Bonchev–Trinajstić information content (AvgIpc) is 4.02. The van der Waals surface area contributed by atoms with Crippen molar-refractivity contribution in [3.8, 4) is 39.9 Å². The molecule has 63 heavy (non-hydrogen) atoms. The highest BCUT2D eigenvalue weighted by Crippen LogP contribution is 2.42. The first-order valence-corrected chi connectivity index (χ1v) is 22.0. The third-order valence-corrected chi connectivity index (χ3v) is 13.9. The van der Waals surface area contributed by atoms with E-state index in [9.17, 15) is 0 Å². The molecule has 0 saturated carbocycles. The Hall–Kier alpha value is -8.19. The van der Waals surface area contributed by atoms with Gasteiger partial charge in [0.25, 0.3) is 0 Å². The molecule has 5 nitrogen and oxygen atoms in total. The Morgan fingerprint density at radius 2 is 1.03 bits per heavy atom. The lowest BCUT2D eigenvalue weighted by atomic mass is 10.0. The normalized spacial score (nSPS) is 12.1. The number of hydrogen-bond donors (Lipinski definition) is 0. The summed E-state index contributed by atoms with van der Waals surface area (Å²) in [5, 5.41) is 13.9. The van der Waals surface area contributed by atoms with Crippen molar-refractivity contribution >= 4 is 108 Å². The lowest BCUT2D eigenvalue weighted by molar-refractivity contribution is 0.669. The minimum absolute atomic E-state index is 0.618. The van der Waals surface area contributed by atoms with Crippen LogP contribution in [0, 0.1) is 0 Å². The lowest BCUT2D eigenvalue weighted by Crippen LogP contribution is -2.00. The third kappa shape index (κ3) is 5.25. The smallest absolute Gasteiger partial charge is 0.164 e. The molecule has 0 unspecified atom stereocenters. The van der Waals surface area contributed by atoms with E-state index < -0.39 is 0 Å². The number of rotatable bonds is 4. The van der Waals surface area contributed by atoms with Crippen LogP contribution >= 0.6 is 11.3 Å². The molecule has 10 aromatic carbocycles. The van der Waals surface area contributed by atoms with Crippen LogP contribution in [-0.4, -0.2) is 19.5 Å². The van der Waals surface area contributed by atoms with Gasteiger partial charge in [-0.3, -0.25) is 0 Å². The van der Waals surface area contributed by atoms with Crippen molar-refractivity contribution < 1.29 is 4.42 Å². The maximum absolute atomic E-state index is 6.74. The summed E-state index contributed by atoms with van der Waals surface area (Å²) in [6, 6.07) is 69.1. The van der Waals surface area contributed by atoms with Crippen LogP contribution in [0.1, 0.15) is 0 Å². The molecule has 14 aromatic rings. The molecule has 0 bridgehead atoms. The topological polar surface area (TPSA) is 56.7 Å². The van der Waals surface area contributed by atoms with Gasteiger partial charge < -0.3 is 8.98 Å². The molecule has 0 saturated heterocycles. The highest BCUT2D eigenvalue weighted by molar-refractivity contribution is 7.25. The number of para-hydroxylation sites is 1. The first-order valence-electron chi connectivity index (χ1n) is 21.2. The van der Waals surface area contributed by atoms with Crippen LogP contribution in [0.25, 0.3) is 136 Å². The standard InChI is InChI=1S/C57H32N4OS/c1-2-11-35-28-38(22-20-33(35)10-1)55-58-56(60-57(59-55)44-16-9-19-52-54(44)43-15-6-8-18-51(43)63-52)39-23-21-34-24-27-49-53(45(34)30-39)42-26-25-40(32-50(42)62-49)61-47-17-7-5-14-41(47)46-29-36-12-3-4-13-37(36)31-48(46)61/h1-32H. The number of nitrogens with zero attached hydrogens (tertiary/aromatic N) is 4. The van der Waals surface area contributed by atoms with Crippen LogP contribution < -0.4 is 0 Å². The first-order chi connectivity index (χ1) is 31.2. The summed E-state index contributed by atoms with van der Waals surface area (Å²) in [6.07, 6.45) is 0. The van der Waals surface area contributed by atoms with E-state index >= 15 is 0 Å². The molecule has 6 heteroatoms. The van der Waals surface area contributed by atoms with E-state index in [1.54, 1.807) is 11.3 Å². The lowest BCUT2D eigenvalue weighted by Gasteiger charge is -2.11. The van der Waals surface area contributed by atoms with Gasteiger partial charge in [0.05, 0.1) is 11.0 Å². The Morgan fingerprint density at radius 3 is 1.89 bits per heavy atom. The molecule has 0 amide bonds. The van der Waals surface area contributed by atoms with Crippen LogP contribution in [0.5, 0.6) is 0 Å². The highest BCUT2D eigenvalue weighted by atomic mass is 32.1. The molecule has 0 N–H and O–H groups in total. The van der Waals surface area contributed by atoms with E-state index in [0.29, 0.717) is 17.5 Å². The highest BCUT2D eigenvalue weighted by Gasteiger charge is 2.20. The monoisotopic (exact) mass is 820 g/mol. The van der Waals surface area contributed by atoms with E-state index in [-0.39, 0.29) is 0 Å². The summed E-state index contributed by atoms with van der Waals surface area (Å²) in [5.41, 5.74) is 7.91. The second-order valence-corrected chi connectivity index (χ2v) is 17.5. The van der Waals surface area contributed by atoms with Gasteiger partial charge in [-0.25, -0.2) is 15.0 Å².